The van der Waals surface area contributed by atoms with Gasteiger partial charge < -0.3 is 4.43 Å². The van der Waals surface area contributed by atoms with Gasteiger partial charge in [0.05, 0.1) is 0 Å². The van der Waals surface area contributed by atoms with Gasteiger partial charge in [0.1, 0.15) is 0 Å². The summed E-state index contributed by atoms with van der Waals surface area (Å²) in [4.78, 5) is 0. The molecule has 0 aromatic carbocycles. The third-order valence-electron chi connectivity index (χ3n) is 0.433. The normalized spacial score (nSPS) is 10.0. The molecule has 0 atom stereocenters. The molecular weight excluding hydrogens is 92.1 g/mol. The van der Waals surface area contributed by atoms with E-state index in [1.807, 2.05) is 6.92 Å². The van der Waals surface area contributed by atoms with Crippen molar-refractivity contribution in [1.82, 2.24) is 0 Å². The summed E-state index contributed by atoms with van der Waals surface area (Å²) in [5, 5.41) is 0. The Balaban J connectivity index is 2.63. The topological polar surface area (TPSA) is 9.23 Å². The minimum Gasteiger partial charge on any atom is -0.417 e. The van der Waals surface area contributed by atoms with Crippen molar-refractivity contribution in [2.45, 2.75) is 20.0 Å². The molecule has 37 valence electrons. The predicted octanol–water partition coefficient (Wildman–Crippen LogP) is 1.27. The summed E-state index contributed by atoms with van der Waals surface area (Å²) in [7, 11) is -0.386. The van der Waals surface area contributed by atoms with Crippen LogP contribution in [0.15, 0.2) is 0 Å². The van der Waals surface area contributed by atoms with Crippen LogP contribution in [0.2, 0.25) is 13.1 Å². The molecule has 0 rings (SSSR count). The first-order valence-corrected chi connectivity index (χ1v) is 4.61. The van der Waals surface area contributed by atoms with Crippen molar-refractivity contribution in [3.8, 4) is 0 Å². The highest BCUT2D eigenvalue weighted by molar-refractivity contribution is 6.48. The van der Waals surface area contributed by atoms with Gasteiger partial charge in [0.25, 0.3) is 0 Å². The second-order valence-electron chi connectivity index (χ2n) is 1.34. The zero-order chi connectivity index (χ0) is 4.99. The zero-order valence-electron chi connectivity index (χ0n) is 4.62. The molecular formula is C4H11OSi. The summed E-state index contributed by atoms with van der Waals surface area (Å²) in [6.45, 7) is 7.17. The van der Waals surface area contributed by atoms with Crippen LogP contribution in [0.1, 0.15) is 6.92 Å². The van der Waals surface area contributed by atoms with Crippen LogP contribution in [0.4, 0.5) is 0 Å². The van der Waals surface area contributed by atoms with Gasteiger partial charge in [0.15, 0.2) is 0 Å². The lowest BCUT2D eigenvalue weighted by atomic mass is 10.9. The van der Waals surface area contributed by atoms with Gasteiger partial charge in [0.2, 0.25) is 9.04 Å². The van der Waals surface area contributed by atoms with E-state index < -0.39 is 0 Å². The molecule has 6 heavy (non-hydrogen) atoms. The number of rotatable bonds is 2. The molecule has 0 aromatic rings. The molecule has 0 bridgehead atoms. The predicted molar refractivity (Wildman–Crippen MR) is 29.1 cm³/mol. The van der Waals surface area contributed by atoms with E-state index in [0.717, 1.165) is 6.61 Å². The Bertz CT molecular complexity index is 28.7. The maximum atomic E-state index is 5.14. The van der Waals surface area contributed by atoms with Crippen LogP contribution >= 0.6 is 0 Å². The summed E-state index contributed by atoms with van der Waals surface area (Å²) in [6.07, 6.45) is 0. The van der Waals surface area contributed by atoms with Crippen LogP contribution in [0.3, 0.4) is 0 Å². The quantitative estimate of drug-likeness (QED) is 0.478. The van der Waals surface area contributed by atoms with E-state index in [0.29, 0.717) is 0 Å². The molecule has 0 aromatic heterocycles. The second-order valence-corrected chi connectivity index (χ2v) is 3.45. The van der Waals surface area contributed by atoms with Gasteiger partial charge >= 0.3 is 0 Å². The first kappa shape index (κ1) is 6.18. The average Bonchev–Trinajstić information content (AvgIpc) is 1.35. The van der Waals surface area contributed by atoms with Gasteiger partial charge in [-0.15, -0.1) is 0 Å². The molecule has 0 fully saturated rings. The molecule has 0 saturated heterocycles. The molecule has 0 aliphatic heterocycles. The van der Waals surface area contributed by atoms with Crippen LogP contribution in [-0.2, 0) is 4.43 Å². The standard InChI is InChI=1S/C4H11OSi/c1-4-5-6(2)3/h4H2,1-3H3. The highest BCUT2D eigenvalue weighted by atomic mass is 28.3. The fourth-order valence-corrected chi connectivity index (χ4v) is 0.866. The van der Waals surface area contributed by atoms with Crippen molar-refractivity contribution in [3.05, 3.63) is 0 Å². The Morgan fingerprint density at radius 2 is 2.00 bits per heavy atom. The van der Waals surface area contributed by atoms with Crippen molar-refractivity contribution in [1.29, 1.82) is 0 Å². The summed E-state index contributed by atoms with van der Waals surface area (Å²) >= 11 is 0. The SMILES string of the molecule is CCO[Si](C)C. The molecule has 0 saturated carbocycles. The molecule has 0 spiro atoms. The van der Waals surface area contributed by atoms with E-state index in [-0.39, 0.29) is 9.04 Å². The Morgan fingerprint density at radius 1 is 1.50 bits per heavy atom. The Morgan fingerprint density at radius 3 is 2.00 bits per heavy atom. The third-order valence-corrected chi connectivity index (χ3v) is 1.30. The van der Waals surface area contributed by atoms with Crippen molar-refractivity contribution >= 4 is 9.04 Å². The lowest BCUT2D eigenvalue weighted by Gasteiger charge is -1.97. The molecule has 0 amide bonds. The first-order valence-electron chi connectivity index (χ1n) is 2.20. The molecule has 0 aliphatic rings. The largest absolute Gasteiger partial charge is 0.417 e. The summed E-state index contributed by atoms with van der Waals surface area (Å²) in [5.41, 5.74) is 0. The zero-order valence-corrected chi connectivity index (χ0v) is 5.62. The Labute approximate surface area is 41.0 Å². The van der Waals surface area contributed by atoms with Gasteiger partial charge in [0, 0.05) is 6.61 Å². The maximum absolute atomic E-state index is 5.14. The van der Waals surface area contributed by atoms with Crippen LogP contribution in [0, 0.1) is 0 Å². The smallest absolute Gasteiger partial charge is 0.204 e. The monoisotopic (exact) mass is 103 g/mol. The molecule has 0 unspecified atom stereocenters. The van der Waals surface area contributed by atoms with Gasteiger partial charge in [-0.3, -0.25) is 0 Å². The van der Waals surface area contributed by atoms with Gasteiger partial charge in [-0.2, -0.15) is 0 Å². The molecule has 0 aliphatic carbocycles. The van der Waals surface area contributed by atoms with Gasteiger partial charge in [-0.25, -0.2) is 0 Å². The van der Waals surface area contributed by atoms with E-state index in [1.54, 1.807) is 0 Å². The van der Waals surface area contributed by atoms with Crippen LogP contribution in [0.25, 0.3) is 0 Å². The van der Waals surface area contributed by atoms with Crippen molar-refractivity contribution in [2.75, 3.05) is 6.61 Å². The van der Waals surface area contributed by atoms with E-state index in [4.69, 9.17) is 4.43 Å². The molecule has 0 N–H and O–H groups in total. The maximum Gasteiger partial charge on any atom is 0.204 e. The summed E-state index contributed by atoms with van der Waals surface area (Å²) in [5.74, 6) is 0. The molecule has 0 heterocycles. The summed E-state index contributed by atoms with van der Waals surface area (Å²) in [6, 6.07) is 0. The van der Waals surface area contributed by atoms with E-state index in [2.05, 4.69) is 13.1 Å². The summed E-state index contributed by atoms with van der Waals surface area (Å²) < 4.78 is 5.14. The third kappa shape index (κ3) is 4.18. The van der Waals surface area contributed by atoms with Crippen molar-refractivity contribution < 1.29 is 4.43 Å². The van der Waals surface area contributed by atoms with Gasteiger partial charge in [-0.1, -0.05) is 0 Å². The molecule has 1 radical (unpaired) electrons. The minimum absolute atomic E-state index is 0.386. The first-order chi connectivity index (χ1) is 2.77. The van der Waals surface area contributed by atoms with Crippen LogP contribution in [-0.4, -0.2) is 15.6 Å². The fraction of sp³-hybridized carbons (Fsp3) is 1.00. The highest BCUT2D eigenvalue weighted by Gasteiger charge is 1.89. The van der Waals surface area contributed by atoms with Crippen LogP contribution < -0.4 is 0 Å². The highest BCUT2D eigenvalue weighted by Crippen LogP contribution is 1.79. The van der Waals surface area contributed by atoms with E-state index in [1.165, 1.54) is 0 Å². The van der Waals surface area contributed by atoms with Crippen LogP contribution in [0.5, 0.6) is 0 Å². The number of hydrogen-bond acceptors (Lipinski definition) is 1. The Hall–Kier alpha value is 0.177. The second kappa shape index (κ2) is 3.37. The Kier molecular flexibility index (Phi) is 3.47. The molecule has 2 heteroatoms. The van der Waals surface area contributed by atoms with E-state index >= 15 is 0 Å². The number of hydrogen-bond donors (Lipinski definition) is 0. The lowest BCUT2D eigenvalue weighted by Crippen LogP contribution is -2.05. The average molecular weight is 103 g/mol. The fourth-order valence-electron chi connectivity index (χ4n) is 0.289. The minimum atomic E-state index is -0.386. The van der Waals surface area contributed by atoms with Crippen molar-refractivity contribution in [3.63, 3.8) is 0 Å². The van der Waals surface area contributed by atoms with Gasteiger partial charge in [-0.05, 0) is 20.0 Å². The lowest BCUT2D eigenvalue weighted by molar-refractivity contribution is 0.350. The van der Waals surface area contributed by atoms with E-state index in [9.17, 15) is 0 Å². The molecule has 1 nitrogen and oxygen atoms in total. The van der Waals surface area contributed by atoms with Crippen molar-refractivity contribution in [2.24, 2.45) is 0 Å².